The molecule has 2 heterocycles. The summed E-state index contributed by atoms with van der Waals surface area (Å²) in [7, 11) is 0. The zero-order chi connectivity index (χ0) is 36.3. The molecule has 0 saturated heterocycles. The third-order valence-corrected chi connectivity index (χ3v) is 11.8. The molecule has 0 aliphatic carbocycles. The Kier molecular flexibility index (Phi) is 7.35. The SMILES string of the molecule is c1ccc(-c2nc3cc4c(cc3s2)oc2c(N(c3ccccc3-c3ccccc3)c3ccc(-c5cccc6ccccc56)c5ccccc35)cccc24)cc1. The van der Waals surface area contributed by atoms with Gasteiger partial charge in [-0.1, -0.05) is 164 Å². The average Bonchev–Trinajstić information content (AvgIpc) is 3.85. The standard InChI is InChI=1S/C51H32N2OS/c1-3-15-34(16-4-1)37-22-11-12-27-45(37)53(46-30-29-40(39-23-9-10-24-41(39)46)38-25-13-20-33-17-7-8-21-36(33)38)47-28-14-26-42-43-31-44-49(32-48(43)54-50(42)47)55-51(52-44)35-18-5-2-6-19-35/h1-32H. The molecule has 0 aliphatic rings. The molecule has 0 atom stereocenters. The minimum absolute atomic E-state index is 0.837. The van der Waals surface area contributed by atoms with E-state index in [0.717, 1.165) is 76.3 Å². The highest BCUT2D eigenvalue weighted by Gasteiger charge is 2.24. The van der Waals surface area contributed by atoms with E-state index in [-0.39, 0.29) is 0 Å². The maximum atomic E-state index is 6.97. The van der Waals surface area contributed by atoms with Gasteiger partial charge in [0.25, 0.3) is 0 Å². The lowest BCUT2D eigenvalue weighted by atomic mass is 9.92. The highest BCUT2D eigenvalue weighted by atomic mass is 32.1. The summed E-state index contributed by atoms with van der Waals surface area (Å²) in [5, 5.41) is 7.94. The zero-order valence-electron chi connectivity index (χ0n) is 29.7. The van der Waals surface area contributed by atoms with E-state index in [2.05, 4.69) is 193 Å². The Morgan fingerprint density at radius 2 is 1.04 bits per heavy atom. The summed E-state index contributed by atoms with van der Waals surface area (Å²) >= 11 is 1.70. The molecule has 0 radical (unpaired) electrons. The lowest BCUT2D eigenvalue weighted by molar-refractivity contribution is 0.669. The number of hydrogen-bond acceptors (Lipinski definition) is 4. The first-order chi connectivity index (χ1) is 27.3. The monoisotopic (exact) mass is 720 g/mol. The molecule has 258 valence electrons. The van der Waals surface area contributed by atoms with Crippen molar-refractivity contribution in [2.45, 2.75) is 0 Å². The smallest absolute Gasteiger partial charge is 0.159 e. The van der Waals surface area contributed by atoms with Crippen LogP contribution in [0.25, 0.3) is 86.5 Å². The van der Waals surface area contributed by atoms with E-state index in [1.54, 1.807) is 11.3 Å². The quantitative estimate of drug-likeness (QED) is 0.171. The van der Waals surface area contributed by atoms with E-state index >= 15 is 0 Å². The van der Waals surface area contributed by atoms with Crippen LogP contribution in [0.1, 0.15) is 0 Å². The van der Waals surface area contributed by atoms with Gasteiger partial charge in [0.05, 0.1) is 27.3 Å². The predicted octanol–water partition coefficient (Wildman–Crippen LogP) is 15.0. The second-order valence-electron chi connectivity index (χ2n) is 13.9. The number of nitrogens with zero attached hydrogens (tertiary/aromatic N) is 2. The fourth-order valence-electron chi connectivity index (χ4n) is 8.18. The van der Waals surface area contributed by atoms with Crippen LogP contribution < -0.4 is 4.90 Å². The first-order valence-electron chi connectivity index (χ1n) is 18.5. The molecule has 0 fully saturated rings. The molecule has 3 nitrogen and oxygen atoms in total. The van der Waals surface area contributed by atoms with Gasteiger partial charge in [0.1, 0.15) is 10.6 Å². The summed E-state index contributed by atoms with van der Waals surface area (Å²) in [6.07, 6.45) is 0. The molecule has 55 heavy (non-hydrogen) atoms. The summed E-state index contributed by atoms with van der Waals surface area (Å²) in [4.78, 5) is 7.47. The summed E-state index contributed by atoms with van der Waals surface area (Å²) < 4.78 is 8.07. The Balaban J connectivity index is 1.17. The van der Waals surface area contributed by atoms with Crippen molar-refractivity contribution < 1.29 is 4.42 Å². The van der Waals surface area contributed by atoms with Crippen LogP contribution in [-0.2, 0) is 0 Å². The molecule has 0 N–H and O–H groups in total. The minimum atomic E-state index is 0.837. The van der Waals surface area contributed by atoms with Gasteiger partial charge in [0, 0.05) is 33.4 Å². The number of para-hydroxylation sites is 2. The van der Waals surface area contributed by atoms with Crippen molar-refractivity contribution in [3.05, 3.63) is 194 Å². The van der Waals surface area contributed by atoms with Gasteiger partial charge in [-0.15, -0.1) is 11.3 Å². The first kappa shape index (κ1) is 31.5. The molecule has 0 saturated carbocycles. The van der Waals surface area contributed by atoms with Crippen LogP contribution in [0.4, 0.5) is 17.1 Å². The van der Waals surface area contributed by atoms with Gasteiger partial charge >= 0.3 is 0 Å². The van der Waals surface area contributed by atoms with Crippen molar-refractivity contribution in [2.75, 3.05) is 4.90 Å². The molecule has 0 unspecified atom stereocenters. The predicted molar refractivity (Wildman–Crippen MR) is 233 cm³/mol. The molecule has 0 bridgehead atoms. The van der Waals surface area contributed by atoms with Crippen LogP contribution in [0.2, 0.25) is 0 Å². The van der Waals surface area contributed by atoms with Crippen molar-refractivity contribution in [1.29, 1.82) is 0 Å². The van der Waals surface area contributed by atoms with Gasteiger partial charge in [0.15, 0.2) is 5.58 Å². The molecule has 0 amide bonds. The number of aromatic nitrogens is 1. The van der Waals surface area contributed by atoms with Crippen LogP contribution in [-0.4, -0.2) is 4.98 Å². The van der Waals surface area contributed by atoms with Gasteiger partial charge in [0.2, 0.25) is 0 Å². The number of thiazole rings is 1. The lowest BCUT2D eigenvalue weighted by Crippen LogP contribution is -2.12. The van der Waals surface area contributed by atoms with Gasteiger partial charge in [-0.05, 0) is 57.1 Å². The Labute approximate surface area is 322 Å². The fraction of sp³-hybridized carbons (Fsp3) is 0. The number of fused-ring (bicyclic) bond motifs is 6. The highest BCUT2D eigenvalue weighted by Crippen LogP contribution is 2.49. The van der Waals surface area contributed by atoms with Crippen LogP contribution in [0.3, 0.4) is 0 Å². The lowest BCUT2D eigenvalue weighted by Gasteiger charge is -2.29. The van der Waals surface area contributed by atoms with Crippen molar-refractivity contribution in [2.24, 2.45) is 0 Å². The average molecular weight is 721 g/mol. The number of furan rings is 1. The number of hydrogen-bond donors (Lipinski definition) is 0. The van der Waals surface area contributed by atoms with E-state index in [1.165, 1.54) is 27.3 Å². The second-order valence-corrected chi connectivity index (χ2v) is 14.9. The highest BCUT2D eigenvalue weighted by molar-refractivity contribution is 7.21. The maximum Gasteiger partial charge on any atom is 0.159 e. The Morgan fingerprint density at radius 3 is 1.89 bits per heavy atom. The number of anilines is 3. The van der Waals surface area contributed by atoms with Crippen LogP contribution in [0.5, 0.6) is 0 Å². The summed E-state index contributed by atoms with van der Waals surface area (Å²) in [5.41, 5.74) is 11.6. The topological polar surface area (TPSA) is 29.3 Å². The first-order valence-corrected chi connectivity index (χ1v) is 19.4. The summed E-state index contributed by atoms with van der Waals surface area (Å²) in [6, 6.07) is 69.2. The second kappa shape index (κ2) is 12.8. The molecular formula is C51H32N2OS. The molecule has 11 aromatic rings. The molecule has 9 aromatic carbocycles. The Hall–Kier alpha value is -7.01. The van der Waals surface area contributed by atoms with Crippen LogP contribution in [0.15, 0.2) is 199 Å². The minimum Gasteiger partial charge on any atom is -0.454 e. The Bertz CT molecular complexity index is 3210. The molecule has 4 heteroatoms. The normalized spacial score (nSPS) is 11.6. The van der Waals surface area contributed by atoms with Crippen LogP contribution >= 0.6 is 11.3 Å². The van der Waals surface area contributed by atoms with E-state index in [9.17, 15) is 0 Å². The van der Waals surface area contributed by atoms with Gasteiger partial charge < -0.3 is 9.32 Å². The van der Waals surface area contributed by atoms with Crippen molar-refractivity contribution in [1.82, 2.24) is 4.98 Å². The molecule has 0 aliphatic heterocycles. The Morgan fingerprint density at radius 1 is 0.418 bits per heavy atom. The van der Waals surface area contributed by atoms with Gasteiger partial charge in [-0.2, -0.15) is 0 Å². The molecule has 0 spiro atoms. The molecular weight excluding hydrogens is 689 g/mol. The maximum absolute atomic E-state index is 6.97. The zero-order valence-corrected chi connectivity index (χ0v) is 30.5. The van der Waals surface area contributed by atoms with Gasteiger partial charge in [-0.3, -0.25) is 0 Å². The number of benzene rings is 9. The molecule has 11 rings (SSSR count). The van der Waals surface area contributed by atoms with Crippen LogP contribution in [0, 0.1) is 0 Å². The fourth-order valence-corrected chi connectivity index (χ4v) is 9.16. The van der Waals surface area contributed by atoms with Crippen molar-refractivity contribution in [3.63, 3.8) is 0 Å². The molecule has 2 aromatic heterocycles. The van der Waals surface area contributed by atoms with Crippen molar-refractivity contribution >= 4 is 82.1 Å². The van der Waals surface area contributed by atoms with E-state index in [1.807, 2.05) is 6.07 Å². The number of rotatable bonds is 6. The summed E-state index contributed by atoms with van der Waals surface area (Å²) in [5.74, 6) is 0. The third-order valence-electron chi connectivity index (χ3n) is 10.7. The van der Waals surface area contributed by atoms with Crippen molar-refractivity contribution in [3.8, 4) is 32.8 Å². The van der Waals surface area contributed by atoms with E-state index < -0.39 is 0 Å². The third kappa shape index (κ3) is 5.22. The van der Waals surface area contributed by atoms with Gasteiger partial charge in [-0.25, -0.2) is 4.98 Å². The largest absolute Gasteiger partial charge is 0.454 e. The van der Waals surface area contributed by atoms with E-state index in [0.29, 0.717) is 0 Å². The van der Waals surface area contributed by atoms with E-state index in [4.69, 9.17) is 9.40 Å². The summed E-state index contributed by atoms with van der Waals surface area (Å²) in [6.45, 7) is 0.